The van der Waals surface area contributed by atoms with Gasteiger partial charge in [0.2, 0.25) is 31.1 Å². The summed E-state index contributed by atoms with van der Waals surface area (Å²) in [6.45, 7) is 0.303. The maximum absolute atomic E-state index is 13.6. The van der Waals surface area contributed by atoms with Gasteiger partial charge >= 0.3 is 0 Å². The van der Waals surface area contributed by atoms with E-state index in [0.717, 1.165) is 0 Å². The number of hydrogen-bond donors (Lipinski definition) is 3. The van der Waals surface area contributed by atoms with Crippen molar-refractivity contribution in [2.24, 2.45) is 0 Å². The quantitative estimate of drug-likeness (QED) is 0.305. The predicted molar refractivity (Wildman–Crippen MR) is 149 cm³/mol. The van der Waals surface area contributed by atoms with Crippen LogP contribution in [0.5, 0.6) is 34.6 Å². The molecule has 0 spiro atoms. The minimum atomic E-state index is -0.902. The predicted octanol–water partition coefficient (Wildman–Crippen LogP) is 2.03. The van der Waals surface area contributed by atoms with Gasteiger partial charge in [0.05, 0.1) is 11.1 Å². The lowest BCUT2D eigenvalue weighted by Crippen LogP contribution is -2.35. The third-order valence-corrected chi connectivity index (χ3v) is 8.01. The summed E-state index contributed by atoms with van der Waals surface area (Å²) in [5, 5.41) is 24.6. The van der Waals surface area contributed by atoms with Crippen molar-refractivity contribution in [2.75, 3.05) is 27.2 Å². The number of ether oxygens (including phenoxy) is 4. The fourth-order valence-electron chi connectivity index (χ4n) is 5.84. The lowest BCUT2D eigenvalue weighted by Gasteiger charge is -2.28. The number of fused-ring (bicyclic) bond motifs is 4. The monoisotopic (exact) mass is 586 g/mol. The van der Waals surface area contributed by atoms with E-state index in [-0.39, 0.29) is 66.5 Å². The third-order valence-electron chi connectivity index (χ3n) is 8.01. The molecule has 3 aliphatic rings. The van der Waals surface area contributed by atoms with Crippen LogP contribution in [0.3, 0.4) is 0 Å². The fraction of sp³-hybridized carbons (Fsp3) is 0.267. The fourth-order valence-corrected chi connectivity index (χ4v) is 5.84. The molecule has 2 amide bonds. The molecule has 13 nitrogen and oxygen atoms in total. The van der Waals surface area contributed by atoms with Crippen LogP contribution in [-0.2, 0) is 17.8 Å². The molecule has 5 heterocycles. The number of carbonyl (C=O) groups excluding carboxylic acids is 2. The van der Waals surface area contributed by atoms with Crippen LogP contribution in [0.4, 0.5) is 0 Å². The summed E-state index contributed by atoms with van der Waals surface area (Å²) in [7, 11) is 1.65. The molecule has 220 valence electrons. The maximum atomic E-state index is 13.6. The van der Waals surface area contributed by atoms with Crippen molar-refractivity contribution in [1.29, 1.82) is 0 Å². The van der Waals surface area contributed by atoms with Crippen molar-refractivity contribution in [3.63, 3.8) is 0 Å². The number of amides is 2. The van der Waals surface area contributed by atoms with Gasteiger partial charge in [-0.3, -0.25) is 18.8 Å². The van der Waals surface area contributed by atoms with Crippen molar-refractivity contribution < 1.29 is 38.7 Å². The number of hydrogen-bond acceptors (Lipinski definition) is 10. The van der Waals surface area contributed by atoms with Gasteiger partial charge in [-0.15, -0.1) is 0 Å². The number of nitrogens with one attached hydrogen (secondary N) is 1. The number of phenolic OH excluding ortho intramolecular Hbond substituents is 1. The van der Waals surface area contributed by atoms with Gasteiger partial charge in [-0.25, -0.2) is 0 Å². The van der Waals surface area contributed by atoms with Gasteiger partial charge in [0.25, 0.3) is 11.5 Å². The van der Waals surface area contributed by atoms with E-state index in [0.29, 0.717) is 41.2 Å². The zero-order valence-electron chi connectivity index (χ0n) is 23.0. The summed E-state index contributed by atoms with van der Waals surface area (Å²) in [5.41, 5.74) is 1.47. The molecule has 1 atom stereocenters. The Morgan fingerprint density at radius 1 is 1.05 bits per heavy atom. The molecule has 0 saturated heterocycles. The van der Waals surface area contributed by atoms with Gasteiger partial charge in [0, 0.05) is 44.2 Å². The molecule has 3 aliphatic heterocycles. The van der Waals surface area contributed by atoms with E-state index in [2.05, 4.69) is 10.3 Å². The van der Waals surface area contributed by atoms with Gasteiger partial charge in [0.1, 0.15) is 5.65 Å². The van der Waals surface area contributed by atoms with Crippen LogP contribution in [0.2, 0.25) is 0 Å². The number of nitrogens with zero attached hydrogens (tertiary/aromatic N) is 3. The molecule has 0 bridgehead atoms. The molecule has 13 heteroatoms. The number of rotatable bonds is 6. The normalized spacial score (nSPS) is 15.5. The SMILES string of the molecule is CN1CCc2c(CNC(=O)CC(c3ccc4c(c3)OCO4)c3c(O)nc4ccccn4c3=O)c3c(c(O)c2C1=O)OCO3. The zero-order chi connectivity index (χ0) is 29.8. The Kier molecular flexibility index (Phi) is 6.22. The van der Waals surface area contributed by atoms with Gasteiger partial charge in [0.15, 0.2) is 23.0 Å². The Labute approximate surface area is 243 Å². The lowest BCUT2D eigenvalue weighted by molar-refractivity contribution is -0.121. The first-order valence-corrected chi connectivity index (χ1v) is 13.6. The van der Waals surface area contributed by atoms with Gasteiger partial charge < -0.3 is 39.4 Å². The molecule has 0 radical (unpaired) electrons. The van der Waals surface area contributed by atoms with Crippen LogP contribution in [-0.4, -0.2) is 63.5 Å². The maximum Gasteiger partial charge on any atom is 0.265 e. The van der Waals surface area contributed by atoms with Crippen molar-refractivity contribution in [1.82, 2.24) is 19.6 Å². The highest BCUT2D eigenvalue weighted by molar-refractivity contribution is 6.01. The Morgan fingerprint density at radius 2 is 1.84 bits per heavy atom. The average Bonchev–Trinajstić information content (AvgIpc) is 3.68. The van der Waals surface area contributed by atoms with Crippen molar-refractivity contribution in [2.45, 2.75) is 25.3 Å². The standard InChI is InChI=1S/C30H26N4O9/c1-33-9-7-16-18(26-27(43-14-42-26)25(36)23(16)29(33)38)12-31-22(35)11-17(15-5-6-19-20(10-15)41-13-40-19)24-28(37)32-21-4-2-3-8-34(21)30(24)39/h2-6,8,10,17,36-37H,7,9,11-14H2,1H3,(H,31,35). The molecular formula is C30H26N4O9. The average molecular weight is 587 g/mol. The second-order valence-electron chi connectivity index (χ2n) is 10.5. The number of carbonyl (C=O) groups is 2. The van der Waals surface area contributed by atoms with Crippen LogP contribution in [0.15, 0.2) is 47.4 Å². The van der Waals surface area contributed by atoms with Gasteiger partial charge in [-0.05, 0) is 41.8 Å². The van der Waals surface area contributed by atoms with Crippen molar-refractivity contribution in [3.05, 3.63) is 80.8 Å². The van der Waals surface area contributed by atoms with E-state index < -0.39 is 23.3 Å². The molecular weight excluding hydrogens is 560 g/mol. The van der Waals surface area contributed by atoms with Crippen LogP contribution in [0.1, 0.15) is 45.0 Å². The summed E-state index contributed by atoms with van der Waals surface area (Å²) in [4.78, 5) is 45.8. The highest BCUT2D eigenvalue weighted by Gasteiger charge is 2.36. The van der Waals surface area contributed by atoms with Crippen molar-refractivity contribution in [3.8, 4) is 34.6 Å². The van der Waals surface area contributed by atoms with E-state index in [4.69, 9.17) is 18.9 Å². The smallest absolute Gasteiger partial charge is 0.265 e. The van der Waals surface area contributed by atoms with E-state index in [1.54, 1.807) is 49.6 Å². The molecule has 0 saturated carbocycles. The minimum absolute atomic E-state index is 0.0288. The summed E-state index contributed by atoms with van der Waals surface area (Å²) in [6, 6.07) is 10.0. The van der Waals surface area contributed by atoms with Crippen molar-refractivity contribution >= 4 is 17.5 Å². The largest absolute Gasteiger partial charge is 0.504 e. The number of pyridine rings is 1. The topological polar surface area (TPSA) is 161 Å². The number of benzene rings is 2. The van der Waals surface area contributed by atoms with E-state index >= 15 is 0 Å². The molecule has 0 fully saturated rings. The molecule has 4 aromatic rings. The van der Waals surface area contributed by atoms with Crippen LogP contribution >= 0.6 is 0 Å². The minimum Gasteiger partial charge on any atom is -0.504 e. The first-order valence-electron chi connectivity index (χ1n) is 13.6. The number of phenols is 1. The van der Waals surface area contributed by atoms with Crippen LogP contribution in [0.25, 0.3) is 5.65 Å². The third kappa shape index (κ3) is 4.31. The first kappa shape index (κ1) is 26.4. The van der Waals surface area contributed by atoms with Gasteiger partial charge in [-0.2, -0.15) is 4.98 Å². The Hall–Kier alpha value is -5.46. The summed E-state index contributed by atoms with van der Waals surface area (Å²) in [6.07, 6.45) is 1.75. The number of aromatic nitrogens is 2. The first-order chi connectivity index (χ1) is 20.8. The van der Waals surface area contributed by atoms with Gasteiger partial charge in [-0.1, -0.05) is 12.1 Å². The highest BCUT2D eigenvalue weighted by Crippen LogP contribution is 2.49. The highest BCUT2D eigenvalue weighted by atomic mass is 16.7. The second-order valence-corrected chi connectivity index (χ2v) is 10.5. The van der Waals surface area contributed by atoms with E-state index in [9.17, 15) is 24.6 Å². The summed E-state index contributed by atoms with van der Waals surface area (Å²) >= 11 is 0. The molecule has 7 rings (SSSR count). The van der Waals surface area contributed by atoms with Crippen LogP contribution in [0, 0.1) is 0 Å². The van der Waals surface area contributed by atoms with Crippen LogP contribution < -0.4 is 29.8 Å². The number of aromatic hydroxyl groups is 2. The van der Waals surface area contributed by atoms with E-state index in [1.165, 1.54) is 9.30 Å². The molecule has 2 aromatic carbocycles. The molecule has 0 aliphatic carbocycles. The molecule has 3 N–H and O–H groups in total. The molecule has 1 unspecified atom stereocenters. The Bertz CT molecular complexity index is 1890. The van der Waals surface area contributed by atoms with E-state index in [1.807, 2.05) is 0 Å². The zero-order valence-corrected chi connectivity index (χ0v) is 23.0. The second kappa shape index (κ2) is 10.1. The summed E-state index contributed by atoms with van der Waals surface area (Å²) < 4.78 is 23.3. The Balaban J connectivity index is 1.24. The molecule has 43 heavy (non-hydrogen) atoms. The molecule has 2 aromatic heterocycles. The lowest BCUT2D eigenvalue weighted by atomic mass is 9.88. The number of likely N-dealkylation sites (N-methyl/N-ethyl adjacent to an activating group) is 1. The Morgan fingerprint density at radius 3 is 2.70 bits per heavy atom. The summed E-state index contributed by atoms with van der Waals surface area (Å²) in [5.74, 6) is -1.16.